The minimum Gasteiger partial charge on any atom is -0.356 e. The lowest BCUT2D eigenvalue weighted by atomic mass is 10.1. The number of fused-ring (bicyclic) bond motifs is 3. The molecule has 1 aliphatic rings. The van der Waals surface area contributed by atoms with Gasteiger partial charge in [0.15, 0.2) is 0 Å². The summed E-state index contributed by atoms with van der Waals surface area (Å²) in [7, 11) is -0.365. The van der Waals surface area contributed by atoms with Gasteiger partial charge in [-0.05, 0) is 42.5 Å². The standard InChI is InChI=1S/C17H15FN4O2S/c1-21-17-14-9-13(20-12-5-3-11(18)4-6-12)7-8-15(14)22(2)25(23,24)16(17)10-19-21/h3-10,20H,1-2H3. The first kappa shape index (κ1) is 15.6. The van der Waals surface area contributed by atoms with Gasteiger partial charge >= 0.3 is 0 Å². The molecule has 2 aromatic carbocycles. The van der Waals surface area contributed by atoms with E-state index < -0.39 is 10.0 Å². The first-order valence-corrected chi connectivity index (χ1v) is 9.00. The van der Waals surface area contributed by atoms with Gasteiger partial charge in [0, 0.05) is 31.0 Å². The van der Waals surface area contributed by atoms with E-state index in [0.717, 1.165) is 16.9 Å². The van der Waals surface area contributed by atoms with Crippen LogP contribution in [-0.2, 0) is 17.1 Å². The first-order chi connectivity index (χ1) is 11.9. The summed E-state index contributed by atoms with van der Waals surface area (Å²) in [5, 5.41) is 7.29. The number of halogens is 1. The number of rotatable bonds is 2. The lowest BCUT2D eigenvalue weighted by Gasteiger charge is -2.27. The van der Waals surface area contributed by atoms with E-state index in [1.54, 1.807) is 36.0 Å². The zero-order valence-corrected chi connectivity index (χ0v) is 14.4. The van der Waals surface area contributed by atoms with E-state index in [2.05, 4.69) is 10.4 Å². The van der Waals surface area contributed by atoms with Gasteiger partial charge in [0.2, 0.25) is 0 Å². The summed E-state index contributed by atoms with van der Waals surface area (Å²) in [6, 6.07) is 11.4. The number of hydrogen-bond acceptors (Lipinski definition) is 4. The molecule has 4 rings (SSSR count). The zero-order valence-electron chi connectivity index (χ0n) is 13.6. The molecule has 25 heavy (non-hydrogen) atoms. The number of sulfonamides is 1. The summed E-state index contributed by atoms with van der Waals surface area (Å²) >= 11 is 0. The molecule has 1 aliphatic heterocycles. The topological polar surface area (TPSA) is 67.2 Å². The molecule has 2 heterocycles. The van der Waals surface area contributed by atoms with E-state index in [9.17, 15) is 12.8 Å². The van der Waals surface area contributed by atoms with Crippen molar-refractivity contribution in [2.45, 2.75) is 4.90 Å². The predicted octanol–water partition coefficient (Wildman–Crippen LogP) is 3.11. The number of aromatic nitrogens is 2. The van der Waals surface area contributed by atoms with Crippen LogP contribution in [0.2, 0.25) is 0 Å². The van der Waals surface area contributed by atoms with Crippen molar-refractivity contribution in [2.24, 2.45) is 7.05 Å². The smallest absolute Gasteiger partial charge is 0.267 e. The second kappa shape index (κ2) is 5.32. The molecule has 3 aromatic rings. The molecule has 0 atom stereocenters. The second-order valence-corrected chi connectivity index (χ2v) is 7.76. The van der Waals surface area contributed by atoms with Crippen molar-refractivity contribution in [1.82, 2.24) is 9.78 Å². The average molecular weight is 358 g/mol. The number of aryl methyl sites for hydroxylation is 1. The molecule has 6 nitrogen and oxygen atoms in total. The quantitative estimate of drug-likeness (QED) is 0.764. The third kappa shape index (κ3) is 2.37. The molecular formula is C17H15FN4O2S. The van der Waals surface area contributed by atoms with Crippen molar-refractivity contribution in [1.29, 1.82) is 0 Å². The van der Waals surface area contributed by atoms with E-state index in [-0.39, 0.29) is 10.7 Å². The third-order valence-electron chi connectivity index (χ3n) is 4.27. The van der Waals surface area contributed by atoms with Crippen LogP contribution in [0.5, 0.6) is 0 Å². The Morgan fingerprint density at radius 2 is 1.72 bits per heavy atom. The summed E-state index contributed by atoms with van der Waals surface area (Å²) in [5.74, 6) is -0.303. The van der Waals surface area contributed by atoms with Crippen LogP contribution in [0.3, 0.4) is 0 Å². The molecular weight excluding hydrogens is 343 g/mol. The van der Waals surface area contributed by atoms with Gasteiger partial charge in [-0.1, -0.05) is 0 Å². The Balaban J connectivity index is 1.83. The van der Waals surface area contributed by atoms with Crippen LogP contribution in [-0.4, -0.2) is 25.2 Å². The molecule has 0 bridgehead atoms. The van der Waals surface area contributed by atoms with Crippen molar-refractivity contribution < 1.29 is 12.8 Å². The molecule has 128 valence electrons. The van der Waals surface area contributed by atoms with E-state index in [4.69, 9.17) is 0 Å². The van der Waals surface area contributed by atoms with Gasteiger partial charge < -0.3 is 5.32 Å². The van der Waals surface area contributed by atoms with Crippen LogP contribution in [0.25, 0.3) is 11.3 Å². The highest BCUT2D eigenvalue weighted by Gasteiger charge is 2.35. The Kier molecular flexibility index (Phi) is 3.33. The number of nitrogens with one attached hydrogen (secondary N) is 1. The van der Waals surface area contributed by atoms with Crippen molar-refractivity contribution in [3.63, 3.8) is 0 Å². The van der Waals surface area contributed by atoms with Crippen molar-refractivity contribution >= 4 is 27.1 Å². The molecule has 0 spiro atoms. The minimum atomic E-state index is -3.60. The Morgan fingerprint density at radius 1 is 1.04 bits per heavy atom. The molecule has 0 amide bonds. The van der Waals surface area contributed by atoms with Gasteiger partial charge in [0.05, 0.1) is 17.6 Å². The highest BCUT2D eigenvalue weighted by atomic mass is 32.2. The second-order valence-electron chi connectivity index (χ2n) is 5.82. The summed E-state index contributed by atoms with van der Waals surface area (Å²) in [5.41, 5.74) is 3.41. The van der Waals surface area contributed by atoms with E-state index in [1.807, 2.05) is 6.07 Å². The maximum Gasteiger partial charge on any atom is 0.267 e. The average Bonchev–Trinajstić information content (AvgIpc) is 2.98. The Bertz CT molecular complexity index is 1070. The first-order valence-electron chi connectivity index (χ1n) is 7.56. The number of benzene rings is 2. The van der Waals surface area contributed by atoms with Crippen LogP contribution in [0.1, 0.15) is 0 Å². The largest absolute Gasteiger partial charge is 0.356 e. The Morgan fingerprint density at radius 3 is 2.44 bits per heavy atom. The molecule has 0 fully saturated rings. The van der Waals surface area contributed by atoms with Crippen LogP contribution in [0, 0.1) is 5.82 Å². The van der Waals surface area contributed by atoms with Crippen LogP contribution < -0.4 is 9.62 Å². The van der Waals surface area contributed by atoms with E-state index >= 15 is 0 Å². The lowest BCUT2D eigenvalue weighted by molar-refractivity contribution is 0.593. The number of anilines is 3. The number of nitrogens with zero attached hydrogens (tertiary/aromatic N) is 3. The fourth-order valence-corrected chi connectivity index (χ4v) is 4.35. The van der Waals surface area contributed by atoms with Gasteiger partial charge in [-0.2, -0.15) is 5.10 Å². The number of hydrogen-bond donors (Lipinski definition) is 1. The fraction of sp³-hybridized carbons (Fsp3) is 0.118. The third-order valence-corrected chi connectivity index (χ3v) is 6.04. The molecule has 8 heteroatoms. The zero-order chi connectivity index (χ0) is 17.8. The lowest BCUT2D eigenvalue weighted by Crippen LogP contribution is -2.30. The molecule has 0 radical (unpaired) electrons. The maximum absolute atomic E-state index is 13.0. The minimum absolute atomic E-state index is 0.184. The molecule has 0 saturated heterocycles. The highest BCUT2D eigenvalue weighted by Crippen LogP contribution is 2.43. The molecule has 0 unspecified atom stereocenters. The van der Waals surface area contributed by atoms with E-state index in [0.29, 0.717) is 11.4 Å². The molecule has 1 N–H and O–H groups in total. The van der Waals surface area contributed by atoms with Crippen LogP contribution in [0.15, 0.2) is 53.6 Å². The van der Waals surface area contributed by atoms with Gasteiger partial charge in [0.25, 0.3) is 10.0 Å². The molecule has 1 aromatic heterocycles. The van der Waals surface area contributed by atoms with Gasteiger partial charge in [-0.3, -0.25) is 8.99 Å². The highest BCUT2D eigenvalue weighted by molar-refractivity contribution is 7.93. The predicted molar refractivity (Wildman–Crippen MR) is 93.9 cm³/mol. The van der Waals surface area contributed by atoms with Crippen LogP contribution in [0.4, 0.5) is 21.5 Å². The molecule has 0 aliphatic carbocycles. The summed E-state index contributed by atoms with van der Waals surface area (Å²) in [6.45, 7) is 0. The van der Waals surface area contributed by atoms with Gasteiger partial charge in [-0.25, -0.2) is 12.8 Å². The summed E-state index contributed by atoms with van der Waals surface area (Å²) in [4.78, 5) is 0.184. The summed E-state index contributed by atoms with van der Waals surface area (Å²) in [6.07, 6.45) is 1.37. The van der Waals surface area contributed by atoms with Crippen molar-refractivity contribution in [3.05, 3.63) is 54.5 Å². The Labute approximate surface area is 144 Å². The van der Waals surface area contributed by atoms with Gasteiger partial charge in [0.1, 0.15) is 10.7 Å². The SMILES string of the molecule is CN1c2ccc(Nc3ccc(F)cc3)cc2-c2c(cnn2C)S1(=O)=O. The van der Waals surface area contributed by atoms with Crippen molar-refractivity contribution in [3.8, 4) is 11.3 Å². The van der Waals surface area contributed by atoms with E-state index in [1.165, 1.54) is 29.7 Å². The summed E-state index contributed by atoms with van der Waals surface area (Å²) < 4.78 is 41.1. The normalized spacial score (nSPS) is 14.8. The van der Waals surface area contributed by atoms with Crippen molar-refractivity contribution in [2.75, 3.05) is 16.7 Å². The van der Waals surface area contributed by atoms with Crippen LogP contribution >= 0.6 is 0 Å². The monoisotopic (exact) mass is 358 g/mol. The maximum atomic E-state index is 13.0. The fourth-order valence-electron chi connectivity index (χ4n) is 2.97. The molecule has 0 saturated carbocycles. The Hall–Kier alpha value is -2.87. The van der Waals surface area contributed by atoms with Gasteiger partial charge in [-0.15, -0.1) is 0 Å².